The molecule has 0 aliphatic carbocycles. The number of nitrogens with one attached hydrogen (secondary N) is 1. The van der Waals surface area contributed by atoms with Crippen LogP contribution in [-0.2, 0) is 13.2 Å². The third kappa shape index (κ3) is 7.05. The van der Waals surface area contributed by atoms with Gasteiger partial charge < -0.3 is 19.7 Å². The summed E-state index contributed by atoms with van der Waals surface area (Å²) in [6.07, 6.45) is 0. The molecule has 0 heterocycles. The van der Waals surface area contributed by atoms with Crippen LogP contribution in [-0.4, -0.2) is 38.7 Å². The van der Waals surface area contributed by atoms with Crippen molar-refractivity contribution in [2.75, 3.05) is 33.8 Å². The summed E-state index contributed by atoms with van der Waals surface area (Å²) in [4.78, 5) is 2.13. The van der Waals surface area contributed by atoms with Gasteiger partial charge >= 0.3 is 0 Å². The van der Waals surface area contributed by atoms with Crippen LogP contribution in [0.1, 0.15) is 18.1 Å². The Labute approximate surface area is 176 Å². The number of hydrogen-bond donors (Lipinski definition) is 1. The Hall–Kier alpha value is -1.17. The zero-order valence-corrected chi connectivity index (χ0v) is 18.1. The molecule has 0 aromatic heterocycles. The molecule has 0 saturated carbocycles. The Morgan fingerprint density at radius 3 is 2.44 bits per heavy atom. The van der Waals surface area contributed by atoms with E-state index in [2.05, 4.69) is 10.2 Å². The van der Waals surface area contributed by atoms with Crippen LogP contribution in [0.15, 0.2) is 30.3 Å². The maximum atomic E-state index is 6.47. The molecule has 0 unspecified atom stereocenters. The van der Waals surface area contributed by atoms with Crippen LogP contribution in [0.25, 0.3) is 0 Å². The van der Waals surface area contributed by atoms with Crippen molar-refractivity contribution < 1.29 is 9.47 Å². The first-order valence-corrected chi connectivity index (χ1v) is 9.91. The Morgan fingerprint density at radius 1 is 1.00 bits per heavy atom. The average Bonchev–Trinajstić information content (AvgIpc) is 2.59. The van der Waals surface area contributed by atoms with Crippen molar-refractivity contribution in [2.24, 2.45) is 0 Å². The number of nitrogens with zero attached hydrogens (tertiary/aromatic N) is 1. The van der Waals surface area contributed by atoms with Gasteiger partial charge in [0.2, 0.25) is 0 Å². The van der Waals surface area contributed by atoms with Gasteiger partial charge in [-0.1, -0.05) is 40.9 Å². The van der Waals surface area contributed by atoms with Crippen molar-refractivity contribution in [2.45, 2.75) is 20.1 Å². The van der Waals surface area contributed by atoms with Gasteiger partial charge in [-0.3, -0.25) is 0 Å². The summed E-state index contributed by atoms with van der Waals surface area (Å²) in [5, 5.41) is 5.04. The summed E-state index contributed by atoms with van der Waals surface area (Å²) in [5.41, 5.74) is 1.87. The Kier molecular flexibility index (Phi) is 9.00. The van der Waals surface area contributed by atoms with E-state index in [4.69, 9.17) is 44.3 Å². The minimum absolute atomic E-state index is 0.274. The smallest absolute Gasteiger partial charge is 0.180 e. The van der Waals surface area contributed by atoms with E-state index in [0.29, 0.717) is 39.7 Å². The first kappa shape index (κ1) is 22.1. The summed E-state index contributed by atoms with van der Waals surface area (Å²) in [7, 11) is 4.09. The van der Waals surface area contributed by atoms with E-state index in [0.717, 1.165) is 24.2 Å². The molecule has 0 radical (unpaired) electrons. The molecule has 7 heteroatoms. The second kappa shape index (κ2) is 11.0. The molecule has 0 amide bonds. The van der Waals surface area contributed by atoms with Crippen molar-refractivity contribution in [1.82, 2.24) is 10.2 Å². The zero-order chi connectivity index (χ0) is 19.8. The highest BCUT2D eigenvalue weighted by atomic mass is 35.5. The minimum Gasteiger partial charge on any atom is -0.490 e. The molecular formula is C20H25Cl3N2O2. The van der Waals surface area contributed by atoms with E-state index in [1.54, 1.807) is 12.1 Å². The highest BCUT2D eigenvalue weighted by Crippen LogP contribution is 2.37. The molecule has 1 N–H and O–H groups in total. The number of likely N-dealkylation sites (N-methyl/N-ethyl adjacent to an activating group) is 1. The standard InChI is InChI=1S/C20H25Cl3N2O2/c1-4-26-19-10-14(12-24-7-8-25(2)3)9-18(23)20(19)27-13-15-5-6-16(21)11-17(15)22/h5-6,9-11,24H,4,7-8,12-13H2,1-3H3. The van der Waals surface area contributed by atoms with Crippen LogP contribution in [0.5, 0.6) is 11.5 Å². The maximum Gasteiger partial charge on any atom is 0.180 e. The van der Waals surface area contributed by atoms with Crippen LogP contribution >= 0.6 is 34.8 Å². The van der Waals surface area contributed by atoms with Gasteiger partial charge in [0.05, 0.1) is 11.6 Å². The molecule has 27 heavy (non-hydrogen) atoms. The predicted octanol–water partition coefficient (Wildman–Crippen LogP) is 5.28. The predicted molar refractivity (Wildman–Crippen MR) is 114 cm³/mol. The monoisotopic (exact) mass is 430 g/mol. The minimum atomic E-state index is 0.274. The normalized spacial score (nSPS) is 11.1. The number of halogens is 3. The Balaban J connectivity index is 2.10. The van der Waals surface area contributed by atoms with Gasteiger partial charge in [0.25, 0.3) is 0 Å². The molecule has 0 aliphatic rings. The molecule has 0 bridgehead atoms. The summed E-state index contributed by atoms with van der Waals surface area (Å²) >= 11 is 18.6. The quantitative estimate of drug-likeness (QED) is 0.519. The van der Waals surface area contributed by atoms with Gasteiger partial charge in [-0.15, -0.1) is 0 Å². The maximum absolute atomic E-state index is 6.47. The van der Waals surface area contributed by atoms with Crippen molar-refractivity contribution in [3.8, 4) is 11.5 Å². The summed E-state index contributed by atoms with van der Waals surface area (Å²) < 4.78 is 11.7. The zero-order valence-electron chi connectivity index (χ0n) is 15.8. The third-order valence-corrected chi connectivity index (χ3v) is 4.69. The topological polar surface area (TPSA) is 33.7 Å². The second-order valence-corrected chi connectivity index (χ2v) is 7.59. The van der Waals surface area contributed by atoms with E-state index < -0.39 is 0 Å². The molecule has 2 rings (SSSR count). The van der Waals surface area contributed by atoms with Gasteiger partial charge in [0.1, 0.15) is 6.61 Å². The van der Waals surface area contributed by atoms with Crippen molar-refractivity contribution in [3.05, 3.63) is 56.5 Å². The number of rotatable bonds is 10. The molecular weight excluding hydrogens is 407 g/mol. The van der Waals surface area contributed by atoms with Crippen LogP contribution in [0.3, 0.4) is 0 Å². The number of hydrogen-bond acceptors (Lipinski definition) is 4. The lowest BCUT2D eigenvalue weighted by Crippen LogP contribution is -2.26. The van der Waals surface area contributed by atoms with Crippen molar-refractivity contribution >= 4 is 34.8 Å². The lowest BCUT2D eigenvalue weighted by atomic mass is 10.2. The van der Waals surface area contributed by atoms with Crippen LogP contribution < -0.4 is 14.8 Å². The first-order chi connectivity index (χ1) is 12.9. The van der Waals surface area contributed by atoms with Crippen LogP contribution in [0.4, 0.5) is 0 Å². The van der Waals surface area contributed by atoms with E-state index in [-0.39, 0.29) is 6.61 Å². The van der Waals surface area contributed by atoms with Gasteiger partial charge in [-0.2, -0.15) is 0 Å². The summed E-state index contributed by atoms with van der Waals surface area (Å²) in [5.74, 6) is 1.14. The Bertz CT molecular complexity index is 754. The largest absolute Gasteiger partial charge is 0.490 e. The number of ether oxygens (including phenoxy) is 2. The van der Waals surface area contributed by atoms with E-state index in [9.17, 15) is 0 Å². The third-order valence-electron chi connectivity index (χ3n) is 3.82. The molecule has 0 fully saturated rings. The van der Waals surface area contributed by atoms with Crippen molar-refractivity contribution in [3.63, 3.8) is 0 Å². The lowest BCUT2D eigenvalue weighted by Gasteiger charge is -2.16. The van der Waals surface area contributed by atoms with Crippen molar-refractivity contribution in [1.29, 1.82) is 0 Å². The molecule has 0 spiro atoms. The fraction of sp³-hybridized carbons (Fsp3) is 0.400. The SMILES string of the molecule is CCOc1cc(CNCCN(C)C)cc(Cl)c1OCc1ccc(Cl)cc1Cl. The van der Waals surface area contributed by atoms with Gasteiger partial charge in [0.15, 0.2) is 11.5 Å². The number of benzene rings is 2. The molecule has 2 aromatic rings. The van der Waals surface area contributed by atoms with Gasteiger partial charge in [-0.05, 0) is 50.8 Å². The average molecular weight is 432 g/mol. The summed E-state index contributed by atoms with van der Waals surface area (Å²) in [6.45, 7) is 5.28. The highest BCUT2D eigenvalue weighted by Gasteiger charge is 2.14. The van der Waals surface area contributed by atoms with Gasteiger partial charge in [0, 0.05) is 35.2 Å². The van der Waals surface area contributed by atoms with Crippen LogP contribution in [0.2, 0.25) is 15.1 Å². The Morgan fingerprint density at radius 2 is 1.78 bits per heavy atom. The van der Waals surface area contributed by atoms with E-state index in [1.807, 2.05) is 39.2 Å². The van der Waals surface area contributed by atoms with Gasteiger partial charge in [-0.25, -0.2) is 0 Å². The molecule has 2 aromatic carbocycles. The van der Waals surface area contributed by atoms with Crippen LogP contribution in [0, 0.1) is 0 Å². The lowest BCUT2D eigenvalue weighted by molar-refractivity contribution is 0.269. The molecule has 0 aliphatic heterocycles. The molecule has 4 nitrogen and oxygen atoms in total. The first-order valence-electron chi connectivity index (χ1n) is 8.78. The van der Waals surface area contributed by atoms with E-state index in [1.165, 1.54) is 0 Å². The highest BCUT2D eigenvalue weighted by molar-refractivity contribution is 6.35. The molecule has 0 atom stereocenters. The molecule has 148 valence electrons. The van der Waals surface area contributed by atoms with E-state index >= 15 is 0 Å². The second-order valence-electron chi connectivity index (χ2n) is 6.34. The molecule has 0 saturated heterocycles. The fourth-order valence-electron chi connectivity index (χ4n) is 2.45. The fourth-order valence-corrected chi connectivity index (χ4v) is 3.20. The summed E-state index contributed by atoms with van der Waals surface area (Å²) in [6, 6.07) is 9.15.